The van der Waals surface area contributed by atoms with Crippen molar-refractivity contribution in [2.24, 2.45) is 11.8 Å². The Morgan fingerprint density at radius 3 is 2.66 bits per heavy atom. The summed E-state index contributed by atoms with van der Waals surface area (Å²) >= 11 is 0. The summed E-state index contributed by atoms with van der Waals surface area (Å²) in [6, 6.07) is -0.780. The number of unbranched alkanes of at least 4 members (excludes halogenated alkanes) is 2. The molecule has 2 amide bonds. The molecule has 0 saturated carbocycles. The molecule has 3 aliphatic rings. The SMILES string of the molecule is C=CCN(C(=O)C1N(CCCCCO)C(=O)[C@@H]2[C@H](C(=O)OCC)[C@@H]3CCC12O3)C(C)(C)C. The van der Waals surface area contributed by atoms with E-state index in [2.05, 4.69) is 6.58 Å². The lowest BCUT2D eigenvalue weighted by Crippen LogP contribution is -2.59. The molecule has 3 fully saturated rings. The third kappa shape index (κ3) is 4.07. The van der Waals surface area contributed by atoms with Crippen molar-refractivity contribution in [2.45, 2.75) is 83.1 Å². The lowest BCUT2D eigenvalue weighted by Gasteiger charge is -2.42. The van der Waals surface area contributed by atoms with Crippen molar-refractivity contribution in [3.63, 3.8) is 0 Å². The van der Waals surface area contributed by atoms with Crippen LogP contribution in [0.3, 0.4) is 0 Å². The second-order valence-corrected chi connectivity index (χ2v) is 10.0. The van der Waals surface area contributed by atoms with Crippen LogP contribution in [0.1, 0.15) is 59.8 Å². The minimum absolute atomic E-state index is 0.0930. The fourth-order valence-corrected chi connectivity index (χ4v) is 5.72. The molecule has 3 rings (SSSR count). The second kappa shape index (κ2) is 9.51. The zero-order chi connectivity index (χ0) is 23.7. The Kier molecular flexibility index (Phi) is 7.34. The summed E-state index contributed by atoms with van der Waals surface area (Å²) in [4.78, 5) is 43.9. The highest BCUT2D eigenvalue weighted by atomic mass is 16.6. The molecule has 0 aliphatic carbocycles. The number of aliphatic hydroxyl groups is 1. The number of aliphatic hydroxyl groups excluding tert-OH is 1. The van der Waals surface area contributed by atoms with E-state index >= 15 is 0 Å². The first-order chi connectivity index (χ1) is 15.1. The van der Waals surface area contributed by atoms with Crippen LogP contribution in [-0.2, 0) is 23.9 Å². The first kappa shape index (κ1) is 24.7. The molecule has 3 saturated heterocycles. The molecule has 0 aromatic carbocycles. The van der Waals surface area contributed by atoms with Gasteiger partial charge in [0.15, 0.2) is 0 Å². The molecule has 2 unspecified atom stereocenters. The quantitative estimate of drug-likeness (QED) is 0.310. The average Bonchev–Trinajstić information content (AvgIpc) is 3.36. The van der Waals surface area contributed by atoms with Gasteiger partial charge in [0, 0.05) is 25.2 Å². The molecule has 32 heavy (non-hydrogen) atoms. The number of hydrogen-bond donors (Lipinski definition) is 1. The minimum atomic E-state index is -1.00. The van der Waals surface area contributed by atoms with Crippen LogP contribution in [0.4, 0.5) is 0 Å². The molecule has 0 aromatic heterocycles. The first-order valence-corrected chi connectivity index (χ1v) is 11.8. The van der Waals surface area contributed by atoms with Gasteiger partial charge in [0.1, 0.15) is 11.6 Å². The maximum absolute atomic E-state index is 14.0. The van der Waals surface area contributed by atoms with Crippen LogP contribution in [0.2, 0.25) is 0 Å². The molecular weight excluding hydrogens is 412 g/mol. The van der Waals surface area contributed by atoms with Gasteiger partial charge in [0.2, 0.25) is 11.8 Å². The largest absolute Gasteiger partial charge is 0.466 e. The Morgan fingerprint density at radius 1 is 1.34 bits per heavy atom. The van der Waals surface area contributed by atoms with Gasteiger partial charge in [0.25, 0.3) is 0 Å². The predicted octanol–water partition coefficient (Wildman–Crippen LogP) is 1.90. The van der Waals surface area contributed by atoms with E-state index in [9.17, 15) is 14.4 Å². The number of likely N-dealkylation sites (tertiary alicyclic amines) is 1. The van der Waals surface area contributed by atoms with Gasteiger partial charge in [-0.25, -0.2) is 0 Å². The number of carbonyl (C=O) groups excluding carboxylic acids is 3. The van der Waals surface area contributed by atoms with Crippen molar-refractivity contribution >= 4 is 17.8 Å². The third-order valence-electron chi connectivity index (χ3n) is 7.04. The Hall–Kier alpha value is -1.93. The molecule has 0 radical (unpaired) electrons. The van der Waals surface area contributed by atoms with Crippen molar-refractivity contribution in [1.29, 1.82) is 0 Å². The van der Waals surface area contributed by atoms with Crippen LogP contribution < -0.4 is 0 Å². The number of ether oxygens (including phenoxy) is 2. The number of carbonyl (C=O) groups is 3. The number of fused-ring (bicyclic) bond motifs is 1. The molecule has 1 N–H and O–H groups in total. The number of amides is 2. The van der Waals surface area contributed by atoms with E-state index < -0.39 is 41.1 Å². The van der Waals surface area contributed by atoms with Crippen molar-refractivity contribution in [1.82, 2.24) is 9.80 Å². The Bertz CT molecular complexity index is 747. The number of esters is 1. The van der Waals surface area contributed by atoms with Crippen LogP contribution in [0.15, 0.2) is 12.7 Å². The molecule has 2 bridgehead atoms. The summed E-state index contributed by atoms with van der Waals surface area (Å²) < 4.78 is 11.7. The summed E-state index contributed by atoms with van der Waals surface area (Å²) in [6.45, 7) is 12.5. The molecule has 0 aromatic rings. The van der Waals surface area contributed by atoms with Crippen LogP contribution in [0.5, 0.6) is 0 Å². The Labute approximate surface area is 190 Å². The van der Waals surface area contributed by atoms with E-state index in [4.69, 9.17) is 14.6 Å². The average molecular weight is 451 g/mol. The van der Waals surface area contributed by atoms with Crippen molar-refractivity contribution in [3.05, 3.63) is 12.7 Å². The highest BCUT2D eigenvalue weighted by Crippen LogP contribution is 2.59. The molecule has 8 heteroatoms. The monoisotopic (exact) mass is 450 g/mol. The Balaban J connectivity index is 1.99. The number of hydrogen-bond acceptors (Lipinski definition) is 6. The summed E-state index contributed by atoms with van der Waals surface area (Å²) in [5.74, 6) is -2.14. The van der Waals surface area contributed by atoms with E-state index in [1.807, 2.05) is 20.8 Å². The summed E-state index contributed by atoms with van der Waals surface area (Å²) in [7, 11) is 0. The van der Waals surface area contributed by atoms with E-state index in [0.29, 0.717) is 38.8 Å². The van der Waals surface area contributed by atoms with E-state index in [-0.39, 0.29) is 25.0 Å². The van der Waals surface area contributed by atoms with Gasteiger partial charge in [-0.3, -0.25) is 14.4 Å². The predicted molar refractivity (Wildman–Crippen MR) is 119 cm³/mol. The summed E-state index contributed by atoms with van der Waals surface area (Å²) in [6.07, 6.45) is 4.56. The van der Waals surface area contributed by atoms with Crippen molar-refractivity contribution in [2.75, 3.05) is 26.3 Å². The Morgan fingerprint density at radius 2 is 2.06 bits per heavy atom. The van der Waals surface area contributed by atoms with Crippen LogP contribution in [0, 0.1) is 11.8 Å². The molecule has 8 nitrogen and oxygen atoms in total. The lowest BCUT2D eigenvalue weighted by molar-refractivity contribution is -0.155. The summed E-state index contributed by atoms with van der Waals surface area (Å²) in [5.41, 5.74) is -1.47. The number of nitrogens with zero attached hydrogens (tertiary/aromatic N) is 2. The van der Waals surface area contributed by atoms with Gasteiger partial charge in [-0.15, -0.1) is 6.58 Å². The van der Waals surface area contributed by atoms with Gasteiger partial charge >= 0.3 is 5.97 Å². The zero-order valence-electron chi connectivity index (χ0n) is 19.8. The topological polar surface area (TPSA) is 96.4 Å². The standard InChI is InChI=1S/C24H38N2O6/c1-6-13-26(23(3,4)5)21(29)19-24-12-11-16(32-24)17(22(30)31-7-2)18(24)20(28)25(19)14-9-8-10-15-27/h6,16-19,27H,1,7-15H2,2-5H3/t16-,17+,18-,19?,24?/m0/s1. The molecule has 5 atom stereocenters. The van der Waals surface area contributed by atoms with Crippen LogP contribution in [-0.4, -0.2) is 82.3 Å². The van der Waals surface area contributed by atoms with Gasteiger partial charge in [0.05, 0.1) is 24.5 Å². The van der Waals surface area contributed by atoms with Crippen molar-refractivity contribution < 1.29 is 29.0 Å². The molecule has 1 spiro atoms. The smallest absolute Gasteiger partial charge is 0.312 e. The molecule has 180 valence electrons. The van der Waals surface area contributed by atoms with E-state index in [1.165, 1.54) is 0 Å². The fraction of sp³-hybridized carbons (Fsp3) is 0.792. The fourth-order valence-electron chi connectivity index (χ4n) is 5.72. The molecule has 3 aliphatic heterocycles. The normalized spacial score (nSPS) is 31.0. The molecule has 3 heterocycles. The minimum Gasteiger partial charge on any atom is -0.466 e. The van der Waals surface area contributed by atoms with Gasteiger partial charge < -0.3 is 24.4 Å². The highest BCUT2D eigenvalue weighted by molar-refractivity contribution is 5.98. The van der Waals surface area contributed by atoms with E-state index in [0.717, 1.165) is 6.42 Å². The van der Waals surface area contributed by atoms with Crippen molar-refractivity contribution in [3.8, 4) is 0 Å². The second-order valence-electron chi connectivity index (χ2n) is 10.0. The zero-order valence-corrected chi connectivity index (χ0v) is 19.8. The van der Waals surface area contributed by atoms with E-state index in [1.54, 1.807) is 22.8 Å². The van der Waals surface area contributed by atoms with Crippen LogP contribution in [0.25, 0.3) is 0 Å². The highest BCUT2D eigenvalue weighted by Gasteiger charge is 2.75. The van der Waals surface area contributed by atoms with Gasteiger partial charge in [-0.1, -0.05) is 6.08 Å². The van der Waals surface area contributed by atoms with Crippen LogP contribution >= 0.6 is 0 Å². The maximum atomic E-state index is 14.0. The van der Waals surface area contributed by atoms with Gasteiger partial charge in [-0.05, 0) is 59.8 Å². The lowest BCUT2D eigenvalue weighted by atomic mass is 9.70. The maximum Gasteiger partial charge on any atom is 0.312 e. The third-order valence-corrected chi connectivity index (χ3v) is 7.04. The summed E-state index contributed by atoms with van der Waals surface area (Å²) in [5, 5.41) is 9.11. The van der Waals surface area contributed by atoms with Gasteiger partial charge in [-0.2, -0.15) is 0 Å². The molecular formula is C24H38N2O6. The first-order valence-electron chi connectivity index (χ1n) is 11.8. The number of rotatable bonds is 10.